The maximum atomic E-state index is 5.80. The van der Waals surface area contributed by atoms with Gasteiger partial charge in [0.15, 0.2) is 0 Å². The molecule has 0 unspecified atom stereocenters. The Morgan fingerprint density at radius 2 is 0.762 bits per heavy atom. The fourth-order valence-corrected chi connectivity index (χ4v) is 13.1. The van der Waals surface area contributed by atoms with Crippen LogP contribution in [0.2, 0.25) is 0 Å². The molecule has 0 radical (unpaired) electrons. The summed E-state index contributed by atoms with van der Waals surface area (Å²) in [6, 6.07) is 0. The average molecular weight is 835 g/mol. The topological polar surface area (TPSA) is 73.8 Å². The van der Waals surface area contributed by atoms with Crippen molar-refractivity contribution in [2.24, 2.45) is 0 Å². The van der Waals surface area contributed by atoms with Crippen LogP contribution in [0.1, 0.15) is 0 Å². The minimum Gasteiger partial charge on any atom is -0.382 e. The van der Waals surface area contributed by atoms with Crippen LogP contribution in [0.25, 0.3) is 0 Å². The molecule has 0 N–H and O–H groups in total. The zero-order valence-corrected chi connectivity index (χ0v) is 32.3. The number of methoxy groups -OCH3 is 2. The summed E-state index contributed by atoms with van der Waals surface area (Å²) in [5.74, 6) is 1.80. The Morgan fingerprint density at radius 1 is 0.452 bits per heavy atom. The van der Waals surface area contributed by atoms with Gasteiger partial charge in [-0.3, -0.25) is 0 Å². The van der Waals surface area contributed by atoms with Crippen molar-refractivity contribution in [1.82, 2.24) is 0 Å². The lowest BCUT2D eigenvalue weighted by atomic mass is 10.6. The molecule has 0 bridgehead atoms. The van der Waals surface area contributed by atoms with Gasteiger partial charge in [-0.25, -0.2) is 0 Å². The maximum absolute atomic E-state index is 5.80. The third-order valence-corrected chi connectivity index (χ3v) is 15.5. The van der Waals surface area contributed by atoms with E-state index in [1.807, 2.05) is 70.6 Å². The highest BCUT2D eigenvalue weighted by Crippen LogP contribution is 2.63. The van der Waals surface area contributed by atoms with E-state index in [9.17, 15) is 0 Å². The molecule has 0 saturated heterocycles. The Kier molecular flexibility index (Phi) is 26.8. The molecule has 0 atom stereocenters. The van der Waals surface area contributed by atoms with Gasteiger partial charge in [0, 0.05) is 46.2 Å². The summed E-state index contributed by atoms with van der Waals surface area (Å²) in [6.45, 7) is 8.37. The van der Waals surface area contributed by atoms with Crippen molar-refractivity contribution in [3.05, 3.63) is 26.8 Å². The molecule has 2 aliphatic rings. The predicted molar refractivity (Wildman–Crippen MR) is 193 cm³/mol. The SMILES string of the molecule is COCCOCCOCCOCCSC1=C(SCCOCCOCCOCCOC)SC(=C2SC(CBr)=C(CBr)S2)S1. The van der Waals surface area contributed by atoms with Gasteiger partial charge >= 0.3 is 0 Å². The highest BCUT2D eigenvalue weighted by molar-refractivity contribution is 9.09. The van der Waals surface area contributed by atoms with Crippen LogP contribution < -0.4 is 0 Å². The molecule has 16 heteroatoms. The van der Waals surface area contributed by atoms with Gasteiger partial charge in [0.1, 0.15) is 0 Å². The molecule has 0 fully saturated rings. The summed E-state index contributed by atoms with van der Waals surface area (Å²) < 4.78 is 48.9. The molecule has 2 aliphatic heterocycles. The lowest BCUT2D eigenvalue weighted by Gasteiger charge is -2.08. The second kappa shape index (κ2) is 28.0. The first-order chi connectivity index (χ1) is 20.7. The predicted octanol–water partition coefficient (Wildman–Crippen LogP) is 7.06. The van der Waals surface area contributed by atoms with E-state index < -0.39 is 0 Å². The summed E-state index contributed by atoms with van der Waals surface area (Å²) in [5, 5.41) is 1.77. The third kappa shape index (κ3) is 18.3. The van der Waals surface area contributed by atoms with Crippen LogP contribution in [0.3, 0.4) is 0 Å². The zero-order valence-electron chi connectivity index (χ0n) is 24.2. The van der Waals surface area contributed by atoms with Crippen molar-refractivity contribution >= 4 is 102 Å². The minimum atomic E-state index is 0.570. The molecule has 0 amide bonds. The van der Waals surface area contributed by atoms with Crippen molar-refractivity contribution < 1.29 is 37.9 Å². The standard InChI is InChI=1S/C26H42Br2O8S6/c1-29-3-5-31-7-9-33-11-13-35-15-17-37-23-24(38-18-16-36-14-12-34-10-8-32-6-4-30-2)42-26(41-23)25-39-21(19-27)22(20-28)40-25/h3-20H2,1-2H3. The summed E-state index contributed by atoms with van der Waals surface area (Å²) in [5.41, 5.74) is 0. The number of alkyl halides is 2. The van der Waals surface area contributed by atoms with Crippen LogP contribution >= 0.6 is 102 Å². The second-order valence-electron chi connectivity index (χ2n) is 8.03. The molecule has 0 aromatic rings. The number of allylic oxidation sites excluding steroid dienone is 2. The largest absolute Gasteiger partial charge is 0.382 e. The van der Waals surface area contributed by atoms with E-state index in [4.69, 9.17) is 37.9 Å². The van der Waals surface area contributed by atoms with E-state index in [-0.39, 0.29) is 0 Å². The van der Waals surface area contributed by atoms with E-state index in [1.165, 1.54) is 26.8 Å². The summed E-state index contributed by atoms with van der Waals surface area (Å²) >= 11 is 18.6. The smallest absolute Gasteiger partial charge is 0.0717 e. The normalized spacial score (nSPS) is 15.7. The molecule has 0 aromatic heterocycles. The van der Waals surface area contributed by atoms with Gasteiger partial charge in [0.05, 0.1) is 109 Å². The minimum absolute atomic E-state index is 0.570. The van der Waals surface area contributed by atoms with Gasteiger partial charge < -0.3 is 37.9 Å². The van der Waals surface area contributed by atoms with Crippen molar-refractivity contribution in [2.45, 2.75) is 0 Å². The molecular weight excluding hydrogens is 792 g/mol. The monoisotopic (exact) mass is 832 g/mol. The molecule has 0 aromatic carbocycles. The second-order valence-corrected chi connectivity index (χ2v) is 16.6. The Hall–Kier alpha value is 1.96. The molecule has 0 saturated carbocycles. The molecule has 0 spiro atoms. The average Bonchev–Trinajstić information content (AvgIpc) is 3.62. The van der Waals surface area contributed by atoms with Gasteiger partial charge in [-0.1, -0.05) is 78.9 Å². The van der Waals surface area contributed by atoms with Crippen LogP contribution in [0.15, 0.2) is 26.8 Å². The summed E-state index contributed by atoms with van der Waals surface area (Å²) in [4.78, 5) is 2.79. The Bertz CT molecular complexity index is 762. The highest BCUT2D eigenvalue weighted by atomic mass is 79.9. The molecule has 244 valence electrons. The first-order valence-electron chi connectivity index (χ1n) is 13.5. The summed E-state index contributed by atoms with van der Waals surface area (Å²) in [6.07, 6.45) is 0. The van der Waals surface area contributed by atoms with E-state index >= 15 is 0 Å². The van der Waals surface area contributed by atoms with E-state index in [0.717, 1.165) is 22.2 Å². The van der Waals surface area contributed by atoms with Gasteiger partial charge in [-0.05, 0) is 0 Å². The number of ether oxygens (including phenoxy) is 8. The molecule has 0 aliphatic carbocycles. The maximum Gasteiger partial charge on any atom is 0.0717 e. The third-order valence-electron chi connectivity index (χ3n) is 4.96. The molecular formula is C26H42Br2O8S6. The van der Waals surface area contributed by atoms with Crippen LogP contribution in [0.4, 0.5) is 0 Å². The van der Waals surface area contributed by atoms with E-state index in [2.05, 4.69) is 31.9 Å². The van der Waals surface area contributed by atoms with Crippen LogP contribution in [-0.4, -0.2) is 129 Å². The fraction of sp³-hybridized carbons (Fsp3) is 0.769. The quantitative estimate of drug-likeness (QED) is 0.0597. The van der Waals surface area contributed by atoms with Gasteiger partial charge in [0.2, 0.25) is 0 Å². The molecule has 8 nitrogen and oxygen atoms in total. The molecule has 2 heterocycles. The number of halogens is 2. The van der Waals surface area contributed by atoms with Crippen LogP contribution in [0.5, 0.6) is 0 Å². The Balaban J connectivity index is 1.68. The number of rotatable bonds is 28. The molecule has 2 rings (SSSR count). The number of thioether (sulfide) groups is 6. The zero-order chi connectivity index (χ0) is 30.1. The highest BCUT2D eigenvalue weighted by Gasteiger charge is 2.29. The fourth-order valence-electron chi connectivity index (χ4n) is 2.93. The van der Waals surface area contributed by atoms with Crippen molar-refractivity contribution in [2.75, 3.05) is 129 Å². The van der Waals surface area contributed by atoms with Crippen molar-refractivity contribution in [3.8, 4) is 0 Å². The van der Waals surface area contributed by atoms with E-state index in [1.54, 1.807) is 14.2 Å². The Labute approximate surface area is 293 Å². The number of hydrogen-bond acceptors (Lipinski definition) is 14. The number of hydrogen-bond donors (Lipinski definition) is 0. The lowest BCUT2D eigenvalue weighted by Crippen LogP contribution is -2.12. The van der Waals surface area contributed by atoms with Gasteiger partial charge in [-0.15, -0.1) is 23.5 Å². The lowest BCUT2D eigenvalue weighted by molar-refractivity contribution is 0.00565. The van der Waals surface area contributed by atoms with Gasteiger partial charge in [-0.2, -0.15) is 0 Å². The molecule has 42 heavy (non-hydrogen) atoms. The van der Waals surface area contributed by atoms with Crippen molar-refractivity contribution in [3.63, 3.8) is 0 Å². The van der Waals surface area contributed by atoms with Crippen molar-refractivity contribution in [1.29, 1.82) is 0 Å². The van der Waals surface area contributed by atoms with Gasteiger partial charge in [0.25, 0.3) is 0 Å². The van der Waals surface area contributed by atoms with Crippen LogP contribution in [-0.2, 0) is 37.9 Å². The summed E-state index contributed by atoms with van der Waals surface area (Å²) in [7, 11) is 3.33. The first-order valence-corrected chi connectivity index (χ1v) is 20.9. The Morgan fingerprint density at radius 3 is 1.10 bits per heavy atom. The van der Waals surface area contributed by atoms with E-state index in [0.29, 0.717) is 92.5 Å². The first kappa shape index (κ1) is 40.1. The van der Waals surface area contributed by atoms with Crippen LogP contribution in [0, 0.1) is 0 Å².